The number of thiazole rings is 1. The summed E-state index contributed by atoms with van der Waals surface area (Å²) in [6.45, 7) is 0.455. The summed E-state index contributed by atoms with van der Waals surface area (Å²) in [5.41, 5.74) is 6.29. The molecule has 13 heteroatoms. The molecule has 0 spiro atoms. The van der Waals surface area contributed by atoms with Crippen molar-refractivity contribution in [3.63, 3.8) is 0 Å². The second kappa shape index (κ2) is 9.48. The van der Waals surface area contributed by atoms with Crippen LogP contribution in [0.3, 0.4) is 0 Å². The van der Waals surface area contributed by atoms with Crippen LogP contribution in [0.2, 0.25) is 10.2 Å². The number of hydrogen-bond acceptors (Lipinski definition) is 11. The van der Waals surface area contributed by atoms with E-state index in [0.29, 0.717) is 22.5 Å². The van der Waals surface area contributed by atoms with Gasteiger partial charge < -0.3 is 25.0 Å². The lowest BCUT2D eigenvalue weighted by molar-refractivity contribution is -0.272. The lowest BCUT2D eigenvalue weighted by Gasteiger charge is -2.53. The number of fused-ring (bicyclic) bond motifs is 1. The summed E-state index contributed by atoms with van der Waals surface area (Å²) in [7, 11) is 1.58. The molecule has 4 N–H and O–H groups in total. The number of methoxy groups -OCH3 is 1. The Morgan fingerprint density at radius 3 is 2.90 bits per heavy atom. The first-order valence-corrected chi connectivity index (χ1v) is 11.6. The van der Waals surface area contributed by atoms with E-state index < -0.39 is 11.5 Å². The highest BCUT2D eigenvalue weighted by atomic mass is 35.5. The van der Waals surface area contributed by atoms with E-state index in [1.54, 1.807) is 31.0 Å². The molecule has 0 radical (unpaired) electrons. The number of nitrogens with zero attached hydrogens (tertiary/aromatic N) is 4. The first kappa shape index (κ1) is 22.6. The molecule has 0 saturated carbocycles. The molecule has 4 rings (SSSR count). The summed E-state index contributed by atoms with van der Waals surface area (Å²) in [4.78, 5) is 8.98. The van der Waals surface area contributed by atoms with Crippen molar-refractivity contribution in [1.82, 2.24) is 15.0 Å². The number of aromatic nitrogens is 2. The van der Waals surface area contributed by atoms with Crippen LogP contribution < -0.4 is 11.6 Å². The molecule has 0 bridgehead atoms. The Bertz CT molecular complexity index is 1030. The Kier molecular flexibility index (Phi) is 6.90. The number of thioether (sulfide) groups is 1. The summed E-state index contributed by atoms with van der Waals surface area (Å²) in [6.07, 6.45) is 2.28. The molecule has 0 amide bonds. The predicted octanol–water partition coefficient (Wildman–Crippen LogP) is 2.45. The molecule has 2 aromatic rings. The fourth-order valence-corrected chi connectivity index (χ4v) is 5.71. The normalized spacial score (nSPS) is 27.8. The van der Waals surface area contributed by atoms with E-state index in [0.717, 1.165) is 4.90 Å². The van der Waals surface area contributed by atoms with Crippen LogP contribution in [0.5, 0.6) is 0 Å². The van der Waals surface area contributed by atoms with E-state index in [-0.39, 0.29) is 29.0 Å². The van der Waals surface area contributed by atoms with E-state index in [1.165, 1.54) is 28.1 Å². The topological polar surface area (TPSA) is 133 Å². The molecule has 31 heavy (non-hydrogen) atoms. The van der Waals surface area contributed by atoms with Crippen LogP contribution >= 0.6 is 46.3 Å². The number of hydrogen-bond donors (Lipinski definition) is 2. The second-order valence-corrected chi connectivity index (χ2v) is 9.59. The highest BCUT2D eigenvalue weighted by Crippen LogP contribution is 2.40. The third-order valence-electron chi connectivity index (χ3n) is 4.87. The van der Waals surface area contributed by atoms with Crippen LogP contribution in [-0.4, -0.2) is 58.5 Å². The first-order chi connectivity index (χ1) is 14.9. The standard InChI is InChI=1S/C18H18Cl2N6O3S2/c1-27-16-14(26(23)5-10(22)17-25-13(20)7-30-17)15-12(6-28-15)29-18(16)31-8-2-9(19)11(3-21)24-4-8/h2,4-5,7,12,14-16,18H,6,22-23H2,1H3/b10-5-/t12?,14-,15?,16?,18?/m1/s1. The minimum Gasteiger partial charge on any atom is -0.395 e. The Morgan fingerprint density at radius 1 is 1.52 bits per heavy atom. The molecule has 0 aliphatic carbocycles. The average molecular weight is 501 g/mol. The second-order valence-electron chi connectivity index (χ2n) is 6.77. The van der Waals surface area contributed by atoms with Gasteiger partial charge in [0.15, 0.2) is 5.69 Å². The summed E-state index contributed by atoms with van der Waals surface area (Å²) < 4.78 is 17.7. The molecule has 0 aromatic carbocycles. The zero-order valence-electron chi connectivity index (χ0n) is 16.1. The third-order valence-corrected chi connectivity index (χ3v) is 7.48. The number of ether oxygens (including phenoxy) is 3. The average Bonchev–Trinajstić information content (AvgIpc) is 3.16. The van der Waals surface area contributed by atoms with Gasteiger partial charge in [-0.25, -0.2) is 15.8 Å². The quantitative estimate of drug-likeness (QED) is 0.449. The Hall–Kier alpha value is -1.62. The van der Waals surface area contributed by atoms with Gasteiger partial charge in [-0.2, -0.15) is 5.26 Å². The molecular weight excluding hydrogens is 483 g/mol. The Balaban J connectivity index is 1.57. The third kappa shape index (κ3) is 4.62. The van der Waals surface area contributed by atoms with Crippen molar-refractivity contribution in [1.29, 1.82) is 5.26 Å². The molecule has 2 aliphatic heterocycles. The fourth-order valence-electron chi connectivity index (χ4n) is 3.39. The van der Waals surface area contributed by atoms with E-state index in [2.05, 4.69) is 9.97 Å². The lowest BCUT2D eigenvalue weighted by atomic mass is 9.93. The van der Waals surface area contributed by atoms with Crippen molar-refractivity contribution < 1.29 is 14.2 Å². The maximum atomic E-state index is 9.03. The van der Waals surface area contributed by atoms with Gasteiger partial charge in [-0.05, 0) is 6.07 Å². The molecule has 2 aliphatic rings. The molecule has 4 unspecified atom stereocenters. The number of hydrazine groups is 1. The van der Waals surface area contributed by atoms with Gasteiger partial charge in [0.05, 0.1) is 17.3 Å². The zero-order valence-corrected chi connectivity index (χ0v) is 19.3. The van der Waals surface area contributed by atoms with Gasteiger partial charge in [0.2, 0.25) is 0 Å². The Labute approximate surface area is 196 Å². The van der Waals surface area contributed by atoms with Crippen LogP contribution in [0, 0.1) is 11.3 Å². The maximum Gasteiger partial charge on any atom is 0.159 e. The number of pyridine rings is 1. The van der Waals surface area contributed by atoms with Gasteiger partial charge in [0.25, 0.3) is 0 Å². The SMILES string of the molecule is COC1C(Sc2cnc(C#N)c(Cl)c2)OC2COC2[C@H]1N(N)/C=C(\N)c1nc(Cl)cs1. The summed E-state index contributed by atoms with van der Waals surface area (Å²) in [5.74, 6) is 6.39. The molecule has 2 fully saturated rings. The molecule has 9 nitrogen and oxygen atoms in total. The fraction of sp³-hybridized carbons (Fsp3) is 0.389. The monoisotopic (exact) mass is 500 g/mol. The summed E-state index contributed by atoms with van der Waals surface area (Å²) >= 11 is 14.7. The summed E-state index contributed by atoms with van der Waals surface area (Å²) in [5, 5.41) is 13.4. The summed E-state index contributed by atoms with van der Waals surface area (Å²) in [6, 6.07) is 3.25. The van der Waals surface area contributed by atoms with Gasteiger partial charge in [-0.3, -0.25) is 0 Å². The minimum absolute atomic E-state index is 0.148. The van der Waals surface area contributed by atoms with Crippen molar-refractivity contribution in [2.24, 2.45) is 11.6 Å². The molecule has 2 aromatic heterocycles. The van der Waals surface area contributed by atoms with Crippen molar-refractivity contribution in [2.75, 3.05) is 13.7 Å². The first-order valence-electron chi connectivity index (χ1n) is 9.05. The van der Waals surface area contributed by atoms with Crippen LogP contribution in [0.25, 0.3) is 5.70 Å². The van der Waals surface area contributed by atoms with Crippen LogP contribution in [-0.2, 0) is 14.2 Å². The van der Waals surface area contributed by atoms with Gasteiger partial charge in [-0.1, -0.05) is 35.0 Å². The number of nitriles is 1. The maximum absolute atomic E-state index is 9.03. The zero-order chi connectivity index (χ0) is 22.1. The van der Waals surface area contributed by atoms with E-state index in [1.807, 2.05) is 6.07 Å². The van der Waals surface area contributed by atoms with Crippen molar-refractivity contribution in [3.05, 3.63) is 44.7 Å². The molecule has 2 saturated heterocycles. The Morgan fingerprint density at radius 2 is 2.32 bits per heavy atom. The number of nitrogens with two attached hydrogens (primary N) is 2. The molecular formula is C18H18Cl2N6O3S2. The van der Waals surface area contributed by atoms with Gasteiger partial charge >= 0.3 is 0 Å². The van der Waals surface area contributed by atoms with Crippen molar-refractivity contribution >= 4 is 52.0 Å². The number of halogens is 2. The van der Waals surface area contributed by atoms with E-state index in [4.69, 9.17) is 54.3 Å². The number of rotatable bonds is 6. The van der Waals surface area contributed by atoms with Crippen LogP contribution in [0.15, 0.2) is 28.7 Å². The smallest absolute Gasteiger partial charge is 0.159 e. The minimum atomic E-state index is -0.463. The van der Waals surface area contributed by atoms with Crippen molar-refractivity contribution in [2.45, 2.75) is 34.7 Å². The molecule has 5 atom stereocenters. The lowest BCUT2D eigenvalue weighted by Crippen LogP contribution is -2.70. The molecule has 164 valence electrons. The highest BCUT2D eigenvalue weighted by molar-refractivity contribution is 7.99. The van der Waals surface area contributed by atoms with E-state index in [9.17, 15) is 0 Å². The van der Waals surface area contributed by atoms with Gasteiger partial charge in [0, 0.05) is 29.8 Å². The predicted molar refractivity (Wildman–Crippen MR) is 118 cm³/mol. The highest BCUT2D eigenvalue weighted by Gasteiger charge is 2.53. The van der Waals surface area contributed by atoms with Crippen LogP contribution in [0.4, 0.5) is 0 Å². The molecule has 4 heterocycles. The van der Waals surface area contributed by atoms with Crippen LogP contribution in [0.1, 0.15) is 10.7 Å². The van der Waals surface area contributed by atoms with Gasteiger partial charge in [0.1, 0.15) is 46.0 Å². The van der Waals surface area contributed by atoms with Gasteiger partial charge in [-0.15, -0.1) is 11.3 Å². The van der Waals surface area contributed by atoms with E-state index >= 15 is 0 Å². The van der Waals surface area contributed by atoms with Crippen molar-refractivity contribution in [3.8, 4) is 6.07 Å². The largest absolute Gasteiger partial charge is 0.395 e.